The minimum Gasteiger partial charge on any atom is -0.497 e. The van der Waals surface area contributed by atoms with Gasteiger partial charge in [-0.25, -0.2) is 13.1 Å². The lowest BCUT2D eigenvalue weighted by Gasteiger charge is -2.26. The highest BCUT2D eigenvalue weighted by molar-refractivity contribution is 7.89. The molecule has 1 atom stereocenters. The molecule has 1 unspecified atom stereocenters. The number of benzene rings is 2. The molecule has 7 nitrogen and oxygen atoms in total. The molecular weight excluding hydrogens is 440 g/mol. The van der Waals surface area contributed by atoms with Crippen LogP contribution in [0, 0.1) is 0 Å². The van der Waals surface area contributed by atoms with Crippen LogP contribution >= 0.6 is 0 Å². The zero-order chi connectivity index (χ0) is 23.3. The molecule has 2 fully saturated rings. The molecule has 1 aliphatic heterocycles. The van der Waals surface area contributed by atoms with Crippen LogP contribution in [0.1, 0.15) is 54.4 Å². The van der Waals surface area contributed by atoms with E-state index in [1.807, 2.05) is 24.3 Å². The van der Waals surface area contributed by atoms with Crippen molar-refractivity contribution in [2.24, 2.45) is 0 Å². The van der Waals surface area contributed by atoms with Gasteiger partial charge in [-0.15, -0.1) is 0 Å². The summed E-state index contributed by atoms with van der Waals surface area (Å²) in [6, 6.07) is 13.9. The van der Waals surface area contributed by atoms with E-state index in [4.69, 9.17) is 9.47 Å². The largest absolute Gasteiger partial charge is 0.497 e. The average Bonchev–Trinajstić information content (AvgIpc) is 3.52. The molecule has 4 rings (SSSR count). The first kappa shape index (κ1) is 23.7. The number of hydrogen-bond donors (Lipinski definition) is 1. The second kappa shape index (κ2) is 10.7. The molecule has 2 aromatic rings. The lowest BCUT2D eigenvalue weighted by molar-refractivity contribution is 0.0507. The van der Waals surface area contributed by atoms with Crippen LogP contribution in [0.5, 0.6) is 5.75 Å². The second-order valence-electron chi connectivity index (χ2n) is 8.80. The molecule has 1 heterocycles. The minimum absolute atomic E-state index is 0.0180. The van der Waals surface area contributed by atoms with E-state index < -0.39 is 10.0 Å². The Morgan fingerprint density at radius 1 is 1.09 bits per heavy atom. The van der Waals surface area contributed by atoms with Crippen molar-refractivity contribution in [2.45, 2.75) is 62.1 Å². The number of nitrogens with one attached hydrogen (secondary N) is 1. The molecule has 33 heavy (non-hydrogen) atoms. The number of amides is 1. The van der Waals surface area contributed by atoms with Crippen LogP contribution in [0.25, 0.3) is 0 Å². The topological polar surface area (TPSA) is 84.9 Å². The molecule has 178 valence electrons. The number of carbonyl (C=O) groups excluding carboxylic acids is 1. The van der Waals surface area contributed by atoms with Crippen LogP contribution in [0.3, 0.4) is 0 Å². The summed E-state index contributed by atoms with van der Waals surface area (Å²) in [6.07, 6.45) is 5.65. The summed E-state index contributed by atoms with van der Waals surface area (Å²) < 4.78 is 39.7. The molecule has 1 saturated heterocycles. The number of rotatable bonds is 9. The third-order valence-electron chi connectivity index (χ3n) is 6.31. The first-order valence-electron chi connectivity index (χ1n) is 11.6. The van der Waals surface area contributed by atoms with Crippen molar-refractivity contribution in [3.63, 3.8) is 0 Å². The molecule has 2 aliphatic rings. The molecule has 0 bridgehead atoms. The van der Waals surface area contributed by atoms with Crippen LogP contribution in [0.4, 0.5) is 0 Å². The Balaban J connectivity index is 1.56. The highest BCUT2D eigenvalue weighted by Crippen LogP contribution is 2.23. The van der Waals surface area contributed by atoms with Crippen LogP contribution in [-0.4, -0.2) is 51.6 Å². The zero-order valence-corrected chi connectivity index (χ0v) is 19.9. The second-order valence-corrected chi connectivity index (χ2v) is 10.5. The van der Waals surface area contributed by atoms with E-state index in [-0.39, 0.29) is 22.9 Å². The maximum atomic E-state index is 13.5. The van der Waals surface area contributed by atoms with Crippen molar-refractivity contribution in [1.82, 2.24) is 9.62 Å². The van der Waals surface area contributed by atoms with E-state index in [2.05, 4.69) is 4.72 Å². The van der Waals surface area contributed by atoms with Gasteiger partial charge in [-0.1, -0.05) is 31.0 Å². The smallest absolute Gasteiger partial charge is 0.254 e. The van der Waals surface area contributed by atoms with E-state index in [1.165, 1.54) is 6.07 Å². The summed E-state index contributed by atoms with van der Waals surface area (Å²) in [4.78, 5) is 15.4. The van der Waals surface area contributed by atoms with E-state index in [1.54, 1.807) is 30.2 Å². The van der Waals surface area contributed by atoms with E-state index >= 15 is 0 Å². The molecule has 0 spiro atoms. The van der Waals surface area contributed by atoms with Gasteiger partial charge in [-0.2, -0.15) is 0 Å². The van der Waals surface area contributed by atoms with E-state index in [9.17, 15) is 13.2 Å². The maximum Gasteiger partial charge on any atom is 0.254 e. The maximum absolute atomic E-state index is 13.5. The van der Waals surface area contributed by atoms with Crippen molar-refractivity contribution >= 4 is 15.9 Å². The highest BCUT2D eigenvalue weighted by Gasteiger charge is 2.26. The van der Waals surface area contributed by atoms with Crippen LogP contribution in [0.15, 0.2) is 53.4 Å². The quantitative estimate of drug-likeness (QED) is 0.601. The van der Waals surface area contributed by atoms with Gasteiger partial charge in [0.2, 0.25) is 10.0 Å². The molecule has 0 aromatic heterocycles. The molecule has 1 amide bonds. The molecule has 1 saturated carbocycles. The van der Waals surface area contributed by atoms with Gasteiger partial charge in [-0.05, 0) is 61.6 Å². The fraction of sp³-hybridized carbons (Fsp3) is 0.480. The lowest BCUT2D eigenvalue weighted by Crippen LogP contribution is -2.37. The van der Waals surface area contributed by atoms with Crippen LogP contribution < -0.4 is 9.46 Å². The molecule has 1 N–H and O–H groups in total. The zero-order valence-electron chi connectivity index (χ0n) is 19.0. The molecule has 1 aliphatic carbocycles. The predicted molar refractivity (Wildman–Crippen MR) is 126 cm³/mol. The van der Waals surface area contributed by atoms with Gasteiger partial charge < -0.3 is 14.4 Å². The monoisotopic (exact) mass is 472 g/mol. The Bertz CT molecular complexity index is 1060. The third kappa shape index (κ3) is 6.13. The van der Waals surface area contributed by atoms with Gasteiger partial charge in [0, 0.05) is 31.3 Å². The summed E-state index contributed by atoms with van der Waals surface area (Å²) in [5.41, 5.74) is 1.29. The number of hydrogen-bond acceptors (Lipinski definition) is 5. The Labute approximate surface area is 196 Å². The fourth-order valence-electron chi connectivity index (χ4n) is 4.55. The molecule has 2 aromatic carbocycles. The van der Waals surface area contributed by atoms with Gasteiger partial charge in [0.05, 0.1) is 18.1 Å². The molecule has 8 heteroatoms. The number of carbonyl (C=O) groups is 1. The number of methoxy groups -OCH3 is 1. The van der Waals surface area contributed by atoms with Crippen molar-refractivity contribution in [3.8, 4) is 5.75 Å². The van der Waals surface area contributed by atoms with E-state index in [0.29, 0.717) is 25.3 Å². The minimum atomic E-state index is -3.68. The van der Waals surface area contributed by atoms with Crippen LogP contribution in [-0.2, 0) is 21.3 Å². The molecular formula is C25H32N2O5S. The number of ether oxygens (including phenoxy) is 2. The molecule has 0 radical (unpaired) electrons. The van der Waals surface area contributed by atoms with Crippen LogP contribution in [0.2, 0.25) is 0 Å². The van der Waals surface area contributed by atoms with Gasteiger partial charge in [-0.3, -0.25) is 4.79 Å². The summed E-state index contributed by atoms with van der Waals surface area (Å²) >= 11 is 0. The average molecular weight is 473 g/mol. The highest BCUT2D eigenvalue weighted by atomic mass is 32.2. The van der Waals surface area contributed by atoms with Gasteiger partial charge in [0.1, 0.15) is 5.75 Å². The normalized spacial score (nSPS) is 19.0. The SMILES string of the molecule is COc1cccc(CN(CC2CCCO2)C(=O)c2cccc(S(=O)(=O)NC3CCCC3)c2)c1. The Morgan fingerprint density at radius 3 is 2.61 bits per heavy atom. The summed E-state index contributed by atoms with van der Waals surface area (Å²) in [7, 11) is -2.07. The van der Waals surface area contributed by atoms with E-state index in [0.717, 1.165) is 49.8 Å². The Hall–Kier alpha value is -2.42. The van der Waals surface area contributed by atoms with Gasteiger partial charge in [0.15, 0.2) is 0 Å². The lowest BCUT2D eigenvalue weighted by atomic mass is 10.1. The Kier molecular flexibility index (Phi) is 7.67. The van der Waals surface area contributed by atoms with Crippen molar-refractivity contribution < 1.29 is 22.7 Å². The first-order valence-corrected chi connectivity index (χ1v) is 13.1. The predicted octanol–water partition coefficient (Wildman–Crippen LogP) is 3.74. The number of sulfonamides is 1. The van der Waals surface area contributed by atoms with Crippen molar-refractivity contribution in [3.05, 3.63) is 59.7 Å². The summed E-state index contributed by atoms with van der Waals surface area (Å²) in [5.74, 6) is 0.509. The summed E-state index contributed by atoms with van der Waals surface area (Å²) in [5, 5.41) is 0. The standard InChI is InChI=1S/C25H32N2O5S/c1-31-22-11-4-7-19(15-22)17-27(18-23-12-6-14-32-23)25(28)20-8-5-13-24(16-20)33(29,30)26-21-9-2-3-10-21/h4-5,7-8,11,13,15-16,21,23,26H,2-3,6,9-10,12,14,17-18H2,1H3. The third-order valence-corrected chi connectivity index (χ3v) is 7.83. The van der Waals surface area contributed by atoms with Crippen molar-refractivity contribution in [1.29, 1.82) is 0 Å². The summed E-state index contributed by atoms with van der Waals surface area (Å²) in [6.45, 7) is 1.53. The van der Waals surface area contributed by atoms with Gasteiger partial charge in [0.25, 0.3) is 5.91 Å². The van der Waals surface area contributed by atoms with Gasteiger partial charge >= 0.3 is 0 Å². The number of nitrogens with zero attached hydrogens (tertiary/aromatic N) is 1. The Morgan fingerprint density at radius 2 is 1.88 bits per heavy atom. The first-order chi connectivity index (χ1) is 15.9. The fourth-order valence-corrected chi connectivity index (χ4v) is 5.91. The van der Waals surface area contributed by atoms with Crippen molar-refractivity contribution in [2.75, 3.05) is 20.3 Å².